The Balaban J connectivity index is 1.84. The second-order valence-electron chi connectivity index (χ2n) is 6.30. The lowest BCUT2D eigenvalue weighted by atomic mass is 10.0. The van der Waals surface area contributed by atoms with Crippen molar-refractivity contribution in [2.24, 2.45) is 5.92 Å². The van der Waals surface area contributed by atoms with E-state index in [1.165, 1.54) is 12.3 Å². The molecule has 2 rings (SSSR count). The summed E-state index contributed by atoms with van der Waals surface area (Å²) in [5.41, 5.74) is -0.719. The SMILES string of the molecule is CC(C)(C)OC(=O)N1CC(COc2ncc(Br)cc2[N+](=O)[O-])C1. The molecule has 0 aliphatic carbocycles. The number of nitro groups is 1. The number of hydrogen-bond donors (Lipinski definition) is 0. The Morgan fingerprint density at radius 3 is 2.74 bits per heavy atom. The summed E-state index contributed by atoms with van der Waals surface area (Å²) in [4.78, 5) is 27.7. The zero-order valence-electron chi connectivity index (χ0n) is 13.1. The Morgan fingerprint density at radius 1 is 1.52 bits per heavy atom. The molecule has 1 fully saturated rings. The third-order valence-corrected chi connectivity index (χ3v) is 3.49. The first-order valence-corrected chi connectivity index (χ1v) is 7.85. The lowest BCUT2D eigenvalue weighted by Crippen LogP contribution is -2.53. The number of likely N-dealkylation sites (tertiary alicyclic amines) is 1. The van der Waals surface area contributed by atoms with Crippen molar-refractivity contribution in [1.29, 1.82) is 0 Å². The van der Waals surface area contributed by atoms with E-state index in [0.717, 1.165) is 0 Å². The fourth-order valence-corrected chi connectivity index (χ4v) is 2.32. The average molecular weight is 388 g/mol. The van der Waals surface area contributed by atoms with Crippen LogP contribution in [-0.2, 0) is 4.74 Å². The first-order valence-electron chi connectivity index (χ1n) is 7.06. The van der Waals surface area contributed by atoms with Gasteiger partial charge in [0.15, 0.2) is 0 Å². The molecular weight excluding hydrogens is 370 g/mol. The van der Waals surface area contributed by atoms with Crippen LogP contribution in [0.15, 0.2) is 16.7 Å². The molecule has 1 aromatic rings. The third kappa shape index (κ3) is 4.78. The van der Waals surface area contributed by atoms with E-state index in [1.54, 1.807) is 4.90 Å². The Kier molecular flexibility index (Phi) is 5.08. The molecule has 0 bridgehead atoms. The van der Waals surface area contributed by atoms with Gasteiger partial charge in [0.1, 0.15) is 5.60 Å². The van der Waals surface area contributed by atoms with Gasteiger partial charge in [-0.1, -0.05) is 0 Å². The summed E-state index contributed by atoms with van der Waals surface area (Å²) in [5.74, 6) is 0.0847. The van der Waals surface area contributed by atoms with Crippen LogP contribution in [0.5, 0.6) is 5.88 Å². The zero-order chi connectivity index (χ0) is 17.2. The molecule has 23 heavy (non-hydrogen) atoms. The Bertz CT molecular complexity index is 611. The number of amides is 1. The largest absolute Gasteiger partial charge is 0.472 e. The maximum Gasteiger partial charge on any atom is 0.410 e. The van der Waals surface area contributed by atoms with Gasteiger partial charge in [-0.25, -0.2) is 9.78 Å². The maximum atomic E-state index is 11.8. The number of pyridine rings is 1. The predicted octanol–water partition coefficient (Wildman–Crippen LogP) is 3.00. The van der Waals surface area contributed by atoms with Gasteiger partial charge in [-0.2, -0.15) is 0 Å². The molecule has 2 heterocycles. The van der Waals surface area contributed by atoms with E-state index in [4.69, 9.17) is 9.47 Å². The highest BCUT2D eigenvalue weighted by Gasteiger charge is 2.34. The summed E-state index contributed by atoms with van der Waals surface area (Å²) in [5, 5.41) is 11.0. The summed E-state index contributed by atoms with van der Waals surface area (Å²) in [7, 11) is 0. The van der Waals surface area contributed by atoms with Crippen molar-refractivity contribution < 1.29 is 19.2 Å². The molecule has 0 saturated carbocycles. The smallest absolute Gasteiger partial charge is 0.410 e. The van der Waals surface area contributed by atoms with Gasteiger partial charge in [0.2, 0.25) is 0 Å². The normalized spacial score (nSPS) is 15.0. The lowest BCUT2D eigenvalue weighted by Gasteiger charge is -2.39. The highest BCUT2D eigenvalue weighted by molar-refractivity contribution is 9.10. The molecule has 126 valence electrons. The standard InChI is InChI=1S/C14H18BrN3O5/c1-14(2,3)23-13(19)17-6-9(7-17)8-22-12-11(18(20)21)4-10(15)5-16-12/h4-5,9H,6-8H2,1-3H3. The number of aromatic nitrogens is 1. The molecule has 0 radical (unpaired) electrons. The maximum absolute atomic E-state index is 11.8. The van der Waals surface area contributed by atoms with Gasteiger partial charge in [0.05, 0.1) is 11.5 Å². The van der Waals surface area contributed by atoms with Crippen LogP contribution in [0.4, 0.5) is 10.5 Å². The van der Waals surface area contributed by atoms with E-state index < -0.39 is 10.5 Å². The number of ether oxygens (including phenoxy) is 2. The van der Waals surface area contributed by atoms with Gasteiger partial charge >= 0.3 is 11.8 Å². The van der Waals surface area contributed by atoms with E-state index in [-0.39, 0.29) is 30.2 Å². The molecule has 0 N–H and O–H groups in total. The van der Waals surface area contributed by atoms with E-state index >= 15 is 0 Å². The summed E-state index contributed by atoms with van der Waals surface area (Å²) < 4.78 is 11.2. The molecule has 0 spiro atoms. The van der Waals surface area contributed by atoms with Gasteiger partial charge in [0, 0.05) is 35.7 Å². The summed E-state index contributed by atoms with van der Waals surface area (Å²) >= 11 is 3.14. The topological polar surface area (TPSA) is 94.8 Å². The summed E-state index contributed by atoms with van der Waals surface area (Å²) in [6.45, 7) is 6.68. The van der Waals surface area contributed by atoms with Crippen molar-refractivity contribution in [1.82, 2.24) is 9.88 Å². The van der Waals surface area contributed by atoms with Crippen molar-refractivity contribution in [3.05, 3.63) is 26.9 Å². The van der Waals surface area contributed by atoms with E-state index in [2.05, 4.69) is 20.9 Å². The van der Waals surface area contributed by atoms with E-state index in [1.807, 2.05) is 20.8 Å². The fourth-order valence-electron chi connectivity index (χ4n) is 2.01. The number of halogens is 1. The van der Waals surface area contributed by atoms with Crippen molar-refractivity contribution in [3.8, 4) is 5.88 Å². The minimum atomic E-state index is -0.541. The van der Waals surface area contributed by atoms with Crippen molar-refractivity contribution >= 4 is 27.7 Å². The molecular formula is C14H18BrN3O5. The second kappa shape index (κ2) is 6.69. The van der Waals surface area contributed by atoms with Crippen LogP contribution in [0.2, 0.25) is 0 Å². The minimum absolute atomic E-state index is 0.0195. The van der Waals surface area contributed by atoms with Crippen molar-refractivity contribution in [2.75, 3.05) is 19.7 Å². The molecule has 0 aromatic carbocycles. The minimum Gasteiger partial charge on any atom is -0.472 e. The monoisotopic (exact) mass is 387 g/mol. The number of nitrogens with zero attached hydrogens (tertiary/aromatic N) is 3. The van der Waals surface area contributed by atoms with Crippen LogP contribution >= 0.6 is 15.9 Å². The molecule has 0 unspecified atom stereocenters. The molecule has 0 atom stereocenters. The predicted molar refractivity (Wildman–Crippen MR) is 85.4 cm³/mol. The van der Waals surface area contributed by atoms with Crippen LogP contribution in [0, 0.1) is 16.0 Å². The van der Waals surface area contributed by atoms with Crippen LogP contribution in [0.1, 0.15) is 20.8 Å². The number of carbonyl (C=O) groups excluding carboxylic acids is 1. The van der Waals surface area contributed by atoms with Gasteiger partial charge in [-0.15, -0.1) is 0 Å². The Labute approximate surface area is 142 Å². The Morgan fingerprint density at radius 2 is 2.17 bits per heavy atom. The van der Waals surface area contributed by atoms with Crippen molar-refractivity contribution in [2.45, 2.75) is 26.4 Å². The van der Waals surface area contributed by atoms with Crippen molar-refractivity contribution in [3.63, 3.8) is 0 Å². The first kappa shape index (κ1) is 17.5. The zero-order valence-corrected chi connectivity index (χ0v) is 14.7. The quantitative estimate of drug-likeness (QED) is 0.581. The number of rotatable bonds is 4. The fraction of sp³-hybridized carbons (Fsp3) is 0.571. The molecule has 8 nitrogen and oxygen atoms in total. The molecule has 9 heteroatoms. The van der Waals surface area contributed by atoms with Crippen LogP contribution in [0.3, 0.4) is 0 Å². The molecule has 1 saturated heterocycles. The molecule has 1 aliphatic rings. The Hall–Kier alpha value is -1.90. The van der Waals surface area contributed by atoms with Gasteiger partial charge < -0.3 is 14.4 Å². The van der Waals surface area contributed by atoms with Crippen LogP contribution in [0.25, 0.3) is 0 Å². The molecule has 1 aromatic heterocycles. The number of hydrogen-bond acceptors (Lipinski definition) is 6. The van der Waals surface area contributed by atoms with Gasteiger partial charge in [-0.05, 0) is 36.7 Å². The van der Waals surface area contributed by atoms with Gasteiger partial charge in [-0.3, -0.25) is 10.1 Å². The second-order valence-corrected chi connectivity index (χ2v) is 7.21. The van der Waals surface area contributed by atoms with E-state index in [9.17, 15) is 14.9 Å². The van der Waals surface area contributed by atoms with Gasteiger partial charge in [0.25, 0.3) is 5.88 Å². The highest BCUT2D eigenvalue weighted by atomic mass is 79.9. The first-order chi connectivity index (χ1) is 10.7. The highest BCUT2D eigenvalue weighted by Crippen LogP contribution is 2.28. The molecule has 1 aliphatic heterocycles. The average Bonchev–Trinajstić information content (AvgIpc) is 2.35. The lowest BCUT2D eigenvalue weighted by molar-refractivity contribution is -0.386. The molecule has 1 amide bonds. The van der Waals surface area contributed by atoms with Crippen LogP contribution in [-0.4, -0.2) is 46.2 Å². The third-order valence-electron chi connectivity index (χ3n) is 3.06. The van der Waals surface area contributed by atoms with Crippen LogP contribution < -0.4 is 4.74 Å². The number of carbonyl (C=O) groups is 1. The summed E-state index contributed by atoms with van der Waals surface area (Å²) in [6.07, 6.45) is 1.08. The summed E-state index contributed by atoms with van der Waals surface area (Å²) in [6, 6.07) is 1.34. The van der Waals surface area contributed by atoms with E-state index in [0.29, 0.717) is 17.6 Å².